The molecule has 0 unspecified atom stereocenters. The molecule has 168 valence electrons. The second-order valence-electron chi connectivity index (χ2n) is 7.15. The zero-order valence-corrected chi connectivity index (χ0v) is 19.1. The number of halogens is 2. The van der Waals surface area contributed by atoms with E-state index >= 15 is 0 Å². The van der Waals surface area contributed by atoms with E-state index in [4.69, 9.17) is 37.1 Å². The van der Waals surface area contributed by atoms with Crippen LogP contribution in [0.2, 0.25) is 10.0 Å². The number of fused-ring (bicyclic) bond motifs is 1. The molecule has 0 atom stereocenters. The highest BCUT2D eigenvalue weighted by molar-refractivity contribution is 6.35. The van der Waals surface area contributed by atoms with Crippen molar-refractivity contribution in [3.63, 3.8) is 0 Å². The molecule has 0 aliphatic heterocycles. The number of ether oxygens (including phenoxy) is 2. The number of hydrogen-bond acceptors (Lipinski definition) is 5. The van der Waals surface area contributed by atoms with Gasteiger partial charge in [0, 0.05) is 21.8 Å². The van der Waals surface area contributed by atoms with Crippen molar-refractivity contribution < 1.29 is 18.7 Å². The van der Waals surface area contributed by atoms with Gasteiger partial charge in [0.2, 0.25) is 11.2 Å². The molecule has 3 aromatic carbocycles. The normalized spacial score (nSPS) is 10.8. The highest BCUT2D eigenvalue weighted by atomic mass is 35.5. The van der Waals surface area contributed by atoms with Crippen LogP contribution in [-0.2, 0) is 11.2 Å². The second-order valence-corrected chi connectivity index (χ2v) is 8.02. The first kappa shape index (κ1) is 22.7. The maximum absolute atomic E-state index is 12.9. The molecular weight excluding hydrogens is 465 g/mol. The van der Waals surface area contributed by atoms with Crippen LogP contribution in [0.1, 0.15) is 12.5 Å². The summed E-state index contributed by atoms with van der Waals surface area (Å²) >= 11 is 11.9. The molecule has 0 bridgehead atoms. The lowest BCUT2D eigenvalue weighted by Crippen LogP contribution is -2.20. The average Bonchev–Trinajstić information content (AvgIpc) is 2.79. The largest absolute Gasteiger partial charge is 0.484 e. The summed E-state index contributed by atoms with van der Waals surface area (Å²) in [5.41, 5.74) is 1.46. The Morgan fingerprint density at radius 3 is 2.52 bits per heavy atom. The fourth-order valence-corrected chi connectivity index (χ4v) is 3.76. The van der Waals surface area contributed by atoms with E-state index in [-0.39, 0.29) is 17.8 Å². The molecule has 0 radical (unpaired) electrons. The van der Waals surface area contributed by atoms with Gasteiger partial charge in [-0.05, 0) is 48.4 Å². The molecular formula is C25H19Cl2NO5. The summed E-state index contributed by atoms with van der Waals surface area (Å²) < 4.78 is 16.9. The van der Waals surface area contributed by atoms with Crippen molar-refractivity contribution in [2.75, 3.05) is 11.9 Å². The standard InChI is InChI=1S/C25H19Cl2NO5/c1-2-15-5-3-4-6-21(15)33-23-13-32-22-12-19(7-8-20(22)25(23)30)31-14-24(29)28-18-10-16(26)9-17(27)11-18/h3-13H,2,14H2,1H3,(H,28,29). The topological polar surface area (TPSA) is 77.8 Å². The number of carbonyl (C=O) groups excluding carboxylic acids is 1. The smallest absolute Gasteiger partial charge is 0.262 e. The molecule has 0 fully saturated rings. The van der Waals surface area contributed by atoms with Crippen LogP contribution >= 0.6 is 23.2 Å². The van der Waals surface area contributed by atoms with Crippen LogP contribution in [0.3, 0.4) is 0 Å². The van der Waals surface area contributed by atoms with Gasteiger partial charge < -0.3 is 19.2 Å². The predicted molar refractivity (Wildman–Crippen MR) is 129 cm³/mol. The van der Waals surface area contributed by atoms with Gasteiger partial charge in [0.1, 0.15) is 23.3 Å². The van der Waals surface area contributed by atoms with E-state index in [1.165, 1.54) is 6.26 Å². The molecule has 6 nitrogen and oxygen atoms in total. The fourth-order valence-electron chi connectivity index (χ4n) is 3.24. The SMILES string of the molecule is CCc1ccccc1Oc1coc2cc(OCC(=O)Nc3cc(Cl)cc(Cl)c3)ccc2c1=O. The summed E-state index contributed by atoms with van der Waals surface area (Å²) in [4.78, 5) is 25.0. The van der Waals surface area contributed by atoms with Gasteiger partial charge >= 0.3 is 0 Å². The van der Waals surface area contributed by atoms with Crippen LogP contribution in [0.5, 0.6) is 17.2 Å². The van der Waals surface area contributed by atoms with Gasteiger partial charge in [-0.3, -0.25) is 9.59 Å². The van der Waals surface area contributed by atoms with Gasteiger partial charge in [-0.2, -0.15) is 0 Å². The Hall–Kier alpha value is -3.48. The summed E-state index contributed by atoms with van der Waals surface area (Å²) in [6.45, 7) is 1.76. The molecule has 0 saturated heterocycles. The summed E-state index contributed by atoms with van der Waals surface area (Å²) in [5.74, 6) is 0.679. The van der Waals surface area contributed by atoms with Crippen LogP contribution in [0.4, 0.5) is 5.69 Å². The number of anilines is 1. The maximum Gasteiger partial charge on any atom is 0.262 e. The zero-order chi connectivity index (χ0) is 23.4. The van der Waals surface area contributed by atoms with Gasteiger partial charge in [0.05, 0.1) is 5.39 Å². The fraction of sp³-hybridized carbons (Fsp3) is 0.120. The first-order chi connectivity index (χ1) is 15.9. The lowest BCUT2D eigenvalue weighted by molar-refractivity contribution is -0.118. The number of hydrogen-bond donors (Lipinski definition) is 1. The molecule has 0 saturated carbocycles. The third kappa shape index (κ3) is 5.48. The second kappa shape index (κ2) is 9.98. The molecule has 4 aromatic rings. The molecule has 0 aliphatic rings. The molecule has 0 aliphatic carbocycles. The minimum absolute atomic E-state index is 0.0941. The maximum atomic E-state index is 12.9. The Bertz CT molecular complexity index is 1360. The number of carbonyl (C=O) groups is 1. The third-order valence-electron chi connectivity index (χ3n) is 4.80. The summed E-state index contributed by atoms with van der Waals surface area (Å²) in [6, 6.07) is 16.9. The number of para-hydroxylation sites is 1. The summed E-state index contributed by atoms with van der Waals surface area (Å²) in [6.07, 6.45) is 2.05. The number of rotatable bonds is 7. The molecule has 33 heavy (non-hydrogen) atoms. The molecule has 0 spiro atoms. The van der Waals surface area contributed by atoms with E-state index in [9.17, 15) is 9.59 Å². The van der Waals surface area contributed by atoms with Crippen molar-refractivity contribution in [2.45, 2.75) is 13.3 Å². The van der Waals surface area contributed by atoms with Crippen molar-refractivity contribution in [2.24, 2.45) is 0 Å². The molecule has 1 aromatic heterocycles. The quantitative estimate of drug-likeness (QED) is 0.325. The minimum atomic E-state index is -0.395. The van der Waals surface area contributed by atoms with E-state index in [0.29, 0.717) is 38.2 Å². The van der Waals surface area contributed by atoms with Crippen molar-refractivity contribution in [1.82, 2.24) is 0 Å². The van der Waals surface area contributed by atoms with E-state index in [2.05, 4.69) is 5.32 Å². The molecule has 8 heteroatoms. The minimum Gasteiger partial charge on any atom is -0.484 e. The van der Waals surface area contributed by atoms with Gasteiger partial charge in [-0.15, -0.1) is 0 Å². The Labute approximate surface area is 199 Å². The third-order valence-corrected chi connectivity index (χ3v) is 5.24. The van der Waals surface area contributed by atoms with E-state index in [1.54, 1.807) is 36.4 Å². The Kier molecular flexibility index (Phi) is 6.87. The molecule has 1 amide bonds. The number of amides is 1. The van der Waals surface area contributed by atoms with Crippen molar-refractivity contribution >= 4 is 45.8 Å². The Morgan fingerprint density at radius 2 is 1.76 bits per heavy atom. The highest BCUT2D eigenvalue weighted by Crippen LogP contribution is 2.27. The van der Waals surface area contributed by atoms with Crippen molar-refractivity contribution in [1.29, 1.82) is 0 Å². The van der Waals surface area contributed by atoms with Crippen LogP contribution in [-0.4, -0.2) is 12.5 Å². The van der Waals surface area contributed by atoms with Crippen molar-refractivity contribution in [3.05, 3.63) is 92.8 Å². The van der Waals surface area contributed by atoms with E-state index < -0.39 is 5.91 Å². The van der Waals surface area contributed by atoms with Gasteiger partial charge in [-0.1, -0.05) is 48.3 Å². The van der Waals surface area contributed by atoms with Gasteiger partial charge in [-0.25, -0.2) is 0 Å². The monoisotopic (exact) mass is 483 g/mol. The number of nitrogens with one attached hydrogen (secondary N) is 1. The van der Waals surface area contributed by atoms with Gasteiger partial charge in [0.25, 0.3) is 5.91 Å². The van der Waals surface area contributed by atoms with E-state index in [0.717, 1.165) is 12.0 Å². The van der Waals surface area contributed by atoms with Crippen LogP contribution in [0, 0.1) is 0 Å². The first-order valence-corrected chi connectivity index (χ1v) is 10.9. The van der Waals surface area contributed by atoms with Gasteiger partial charge in [0.15, 0.2) is 6.61 Å². The Morgan fingerprint density at radius 1 is 1.00 bits per heavy atom. The predicted octanol–water partition coefficient (Wildman–Crippen LogP) is 6.47. The zero-order valence-electron chi connectivity index (χ0n) is 17.6. The number of benzene rings is 3. The van der Waals surface area contributed by atoms with E-state index in [1.807, 2.05) is 31.2 Å². The van der Waals surface area contributed by atoms with Crippen LogP contribution in [0.25, 0.3) is 11.0 Å². The Balaban J connectivity index is 1.46. The number of aryl methyl sites for hydroxylation is 1. The summed E-state index contributed by atoms with van der Waals surface area (Å²) in [5, 5.41) is 3.81. The summed E-state index contributed by atoms with van der Waals surface area (Å²) in [7, 11) is 0. The first-order valence-electron chi connectivity index (χ1n) is 10.1. The molecule has 1 heterocycles. The molecule has 4 rings (SSSR count). The van der Waals surface area contributed by atoms with Crippen LogP contribution < -0.4 is 20.2 Å². The lowest BCUT2D eigenvalue weighted by atomic mass is 10.1. The van der Waals surface area contributed by atoms with Crippen molar-refractivity contribution in [3.8, 4) is 17.2 Å². The molecule has 1 N–H and O–H groups in total. The highest BCUT2D eigenvalue weighted by Gasteiger charge is 2.12. The lowest BCUT2D eigenvalue weighted by Gasteiger charge is -2.10. The van der Waals surface area contributed by atoms with Crippen LogP contribution in [0.15, 0.2) is 76.1 Å². The average molecular weight is 484 g/mol.